The van der Waals surface area contributed by atoms with Crippen molar-refractivity contribution in [2.75, 3.05) is 25.1 Å². The highest BCUT2D eigenvalue weighted by molar-refractivity contribution is 9.10. The van der Waals surface area contributed by atoms with Gasteiger partial charge in [-0.3, -0.25) is 5.32 Å². The first-order chi connectivity index (χ1) is 16.1. The third kappa shape index (κ3) is 7.78. The molecule has 0 saturated heterocycles. The molecule has 1 amide bonds. The van der Waals surface area contributed by atoms with Gasteiger partial charge in [0.15, 0.2) is 6.10 Å². The van der Waals surface area contributed by atoms with Crippen molar-refractivity contribution in [1.82, 2.24) is 0 Å². The van der Waals surface area contributed by atoms with E-state index >= 15 is 0 Å². The van der Waals surface area contributed by atoms with Gasteiger partial charge in [0.25, 0.3) is 0 Å². The maximum absolute atomic E-state index is 12.7. The molecule has 7 nitrogen and oxygen atoms in total. The van der Waals surface area contributed by atoms with Crippen molar-refractivity contribution in [3.63, 3.8) is 0 Å². The van der Waals surface area contributed by atoms with Crippen molar-refractivity contribution in [2.24, 2.45) is 0 Å². The minimum absolute atomic E-state index is 0.0901. The van der Waals surface area contributed by atoms with Gasteiger partial charge in [-0.25, -0.2) is 4.79 Å². The van der Waals surface area contributed by atoms with Crippen LogP contribution in [-0.4, -0.2) is 42.2 Å². The SMILES string of the molecule is O=C(Nc1ccc(Br)cc1)O[C@@H](c1ccc(OCCO)cc1)[C@H](CCO)Oc1ccccc1. The number of amides is 1. The first-order valence-corrected chi connectivity index (χ1v) is 11.3. The molecule has 0 spiro atoms. The summed E-state index contributed by atoms with van der Waals surface area (Å²) >= 11 is 3.36. The highest BCUT2D eigenvalue weighted by Crippen LogP contribution is 2.29. The van der Waals surface area contributed by atoms with Gasteiger partial charge in [-0.15, -0.1) is 0 Å². The fourth-order valence-electron chi connectivity index (χ4n) is 3.14. The van der Waals surface area contributed by atoms with Crippen LogP contribution in [0.15, 0.2) is 83.3 Å². The zero-order valence-electron chi connectivity index (χ0n) is 17.9. The Hall–Kier alpha value is -3.07. The Labute approximate surface area is 201 Å². The molecule has 0 aliphatic carbocycles. The van der Waals surface area contributed by atoms with Gasteiger partial charge in [-0.05, 0) is 54.1 Å². The van der Waals surface area contributed by atoms with Gasteiger partial charge in [0.05, 0.1) is 6.61 Å². The molecule has 0 radical (unpaired) electrons. The van der Waals surface area contributed by atoms with Gasteiger partial charge < -0.3 is 24.4 Å². The number of para-hydroxylation sites is 1. The van der Waals surface area contributed by atoms with Crippen LogP contribution in [0.25, 0.3) is 0 Å². The summed E-state index contributed by atoms with van der Waals surface area (Å²) < 4.78 is 18.2. The van der Waals surface area contributed by atoms with Crippen molar-refractivity contribution in [1.29, 1.82) is 0 Å². The summed E-state index contributed by atoms with van der Waals surface area (Å²) in [4.78, 5) is 12.7. The fourth-order valence-corrected chi connectivity index (χ4v) is 3.41. The predicted octanol–water partition coefficient (Wildman–Crippen LogP) is 4.94. The van der Waals surface area contributed by atoms with Gasteiger partial charge in [-0.1, -0.05) is 46.3 Å². The second-order valence-electron chi connectivity index (χ2n) is 7.08. The van der Waals surface area contributed by atoms with Gasteiger partial charge in [0.1, 0.15) is 24.2 Å². The summed E-state index contributed by atoms with van der Waals surface area (Å²) in [5, 5.41) is 21.3. The van der Waals surface area contributed by atoms with E-state index in [4.69, 9.17) is 19.3 Å². The average molecular weight is 516 g/mol. The zero-order chi connectivity index (χ0) is 23.5. The van der Waals surface area contributed by atoms with E-state index in [0.717, 1.165) is 4.47 Å². The fraction of sp³-hybridized carbons (Fsp3) is 0.240. The second kappa shape index (κ2) is 12.8. The summed E-state index contributed by atoms with van der Waals surface area (Å²) in [5.41, 5.74) is 1.25. The molecule has 0 aromatic heterocycles. The molecule has 0 aliphatic heterocycles. The lowest BCUT2D eigenvalue weighted by atomic mass is 10.0. The molecule has 0 fully saturated rings. The first-order valence-electron chi connectivity index (χ1n) is 10.5. The normalized spacial score (nSPS) is 12.5. The molecule has 0 heterocycles. The third-order valence-corrected chi connectivity index (χ3v) is 5.20. The lowest BCUT2D eigenvalue weighted by Gasteiger charge is -2.28. The number of benzene rings is 3. The molecule has 0 unspecified atom stereocenters. The molecule has 3 aromatic carbocycles. The Bertz CT molecular complexity index is 982. The van der Waals surface area contributed by atoms with Crippen LogP contribution in [0.5, 0.6) is 11.5 Å². The van der Waals surface area contributed by atoms with Crippen LogP contribution in [-0.2, 0) is 4.74 Å². The molecule has 174 valence electrons. The molecule has 3 aromatic rings. The van der Waals surface area contributed by atoms with Crippen molar-refractivity contribution in [3.05, 3.63) is 88.9 Å². The summed E-state index contributed by atoms with van der Waals surface area (Å²) in [6, 6.07) is 23.3. The van der Waals surface area contributed by atoms with Crippen molar-refractivity contribution in [2.45, 2.75) is 18.6 Å². The van der Waals surface area contributed by atoms with Crippen molar-refractivity contribution < 1.29 is 29.2 Å². The Morgan fingerprint density at radius 2 is 1.58 bits per heavy atom. The number of hydrogen-bond acceptors (Lipinski definition) is 6. The molecule has 33 heavy (non-hydrogen) atoms. The minimum Gasteiger partial charge on any atom is -0.491 e. The monoisotopic (exact) mass is 515 g/mol. The number of carbonyl (C=O) groups is 1. The molecule has 3 rings (SSSR count). The predicted molar refractivity (Wildman–Crippen MR) is 129 cm³/mol. The van der Waals surface area contributed by atoms with E-state index in [0.29, 0.717) is 22.7 Å². The topological polar surface area (TPSA) is 97.3 Å². The zero-order valence-corrected chi connectivity index (χ0v) is 19.5. The second-order valence-corrected chi connectivity index (χ2v) is 8.00. The van der Waals surface area contributed by atoms with Gasteiger partial charge in [-0.2, -0.15) is 0 Å². The number of nitrogens with one attached hydrogen (secondary N) is 1. The van der Waals surface area contributed by atoms with Crippen LogP contribution in [0.1, 0.15) is 18.1 Å². The van der Waals surface area contributed by atoms with Crippen LogP contribution >= 0.6 is 15.9 Å². The smallest absolute Gasteiger partial charge is 0.412 e. The van der Waals surface area contributed by atoms with Crippen LogP contribution < -0.4 is 14.8 Å². The summed E-state index contributed by atoms with van der Waals surface area (Å²) in [7, 11) is 0. The van der Waals surface area contributed by atoms with Gasteiger partial charge in [0.2, 0.25) is 0 Å². The van der Waals surface area contributed by atoms with E-state index in [1.165, 1.54) is 0 Å². The standard InChI is InChI=1S/C25H26BrNO6/c26-19-8-10-20(11-9-19)27-25(30)33-24(18-6-12-21(13-7-18)31-17-16-29)23(14-15-28)32-22-4-2-1-3-5-22/h1-13,23-24,28-29H,14-17H2,(H,27,30)/t23-,24-/m0/s1. The summed E-state index contributed by atoms with van der Waals surface area (Å²) in [6.45, 7) is -0.0598. The molecule has 0 bridgehead atoms. The molecule has 8 heteroatoms. The number of ether oxygens (including phenoxy) is 3. The molecule has 3 N–H and O–H groups in total. The number of aliphatic hydroxyl groups excluding tert-OH is 2. The highest BCUT2D eigenvalue weighted by atomic mass is 79.9. The van der Waals surface area contributed by atoms with E-state index in [1.54, 1.807) is 48.5 Å². The third-order valence-electron chi connectivity index (χ3n) is 4.68. The highest BCUT2D eigenvalue weighted by Gasteiger charge is 2.29. The molecule has 0 aliphatic rings. The van der Waals surface area contributed by atoms with Crippen LogP contribution in [0, 0.1) is 0 Å². The van der Waals surface area contributed by atoms with Crippen LogP contribution in [0.3, 0.4) is 0 Å². The Morgan fingerprint density at radius 3 is 2.21 bits per heavy atom. The van der Waals surface area contributed by atoms with Crippen LogP contribution in [0.4, 0.5) is 10.5 Å². The largest absolute Gasteiger partial charge is 0.491 e. The summed E-state index contributed by atoms with van der Waals surface area (Å²) in [6.07, 6.45) is -1.85. The number of rotatable bonds is 11. The van der Waals surface area contributed by atoms with Gasteiger partial charge in [0, 0.05) is 23.2 Å². The van der Waals surface area contributed by atoms with E-state index < -0.39 is 18.3 Å². The maximum Gasteiger partial charge on any atom is 0.412 e. The summed E-state index contributed by atoms with van der Waals surface area (Å²) in [5.74, 6) is 1.18. The number of halogens is 1. The Kier molecular flexibility index (Phi) is 9.56. The Balaban J connectivity index is 1.83. The van der Waals surface area contributed by atoms with Crippen molar-refractivity contribution in [3.8, 4) is 11.5 Å². The number of hydrogen-bond donors (Lipinski definition) is 3. The lowest BCUT2D eigenvalue weighted by Crippen LogP contribution is -2.31. The molecular weight excluding hydrogens is 490 g/mol. The average Bonchev–Trinajstić information content (AvgIpc) is 2.83. The Morgan fingerprint density at radius 1 is 0.879 bits per heavy atom. The quantitative estimate of drug-likeness (QED) is 0.334. The lowest BCUT2D eigenvalue weighted by molar-refractivity contribution is 0.00906. The van der Waals surface area contributed by atoms with E-state index in [9.17, 15) is 9.90 Å². The number of anilines is 1. The van der Waals surface area contributed by atoms with E-state index in [1.807, 2.05) is 30.3 Å². The molecule has 0 saturated carbocycles. The first kappa shape index (κ1) is 24.6. The van der Waals surface area contributed by atoms with Crippen LogP contribution in [0.2, 0.25) is 0 Å². The molecule has 2 atom stereocenters. The number of aliphatic hydroxyl groups is 2. The van der Waals surface area contributed by atoms with E-state index in [2.05, 4.69) is 21.2 Å². The maximum atomic E-state index is 12.7. The van der Waals surface area contributed by atoms with Crippen molar-refractivity contribution >= 4 is 27.7 Å². The molecular formula is C25H26BrNO6. The number of carbonyl (C=O) groups excluding carboxylic acids is 1. The van der Waals surface area contributed by atoms with Gasteiger partial charge >= 0.3 is 6.09 Å². The van der Waals surface area contributed by atoms with E-state index in [-0.39, 0.29) is 26.2 Å². The minimum atomic E-state index is -0.806.